The van der Waals surface area contributed by atoms with Gasteiger partial charge in [-0.1, -0.05) is 6.07 Å². The Morgan fingerprint density at radius 3 is 2.92 bits per heavy atom. The lowest BCUT2D eigenvalue weighted by Gasteiger charge is -2.42. The number of rotatable bonds is 4. The molecule has 1 aromatic rings. The summed E-state index contributed by atoms with van der Waals surface area (Å²) in [7, 11) is 1.69. The molecule has 1 saturated carbocycles. The van der Waals surface area contributed by atoms with Crippen LogP contribution in [0.1, 0.15) is 37.4 Å². The first-order chi connectivity index (χ1) is 11.5. The Hall–Kier alpha value is -1.72. The van der Waals surface area contributed by atoms with Crippen molar-refractivity contribution in [3.63, 3.8) is 0 Å². The van der Waals surface area contributed by atoms with Gasteiger partial charge in [0.1, 0.15) is 11.7 Å². The quantitative estimate of drug-likeness (QED) is 0.795. The average Bonchev–Trinajstić information content (AvgIpc) is 3.05. The van der Waals surface area contributed by atoms with Gasteiger partial charge in [-0.25, -0.2) is 4.79 Å². The van der Waals surface area contributed by atoms with Gasteiger partial charge in [0.2, 0.25) is 0 Å². The van der Waals surface area contributed by atoms with Crippen LogP contribution < -0.4 is 0 Å². The van der Waals surface area contributed by atoms with Gasteiger partial charge in [0.15, 0.2) is 0 Å². The number of nitrogens with zero attached hydrogens (tertiary/aromatic N) is 1. The molecular weight excluding hydrogens is 306 g/mol. The van der Waals surface area contributed by atoms with Crippen molar-refractivity contribution in [1.82, 2.24) is 4.98 Å². The van der Waals surface area contributed by atoms with Crippen LogP contribution >= 0.6 is 0 Å². The van der Waals surface area contributed by atoms with Crippen LogP contribution in [-0.4, -0.2) is 35.4 Å². The Bertz CT molecular complexity index is 698. The number of pyridine rings is 1. The Labute approximate surface area is 142 Å². The van der Waals surface area contributed by atoms with Crippen molar-refractivity contribution in [2.24, 2.45) is 5.92 Å². The lowest BCUT2D eigenvalue weighted by molar-refractivity contribution is -0.143. The van der Waals surface area contributed by atoms with Gasteiger partial charge in [0, 0.05) is 19.0 Å². The summed E-state index contributed by atoms with van der Waals surface area (Å²) in [6.07, 6.45) is 6.24. The van der Waals surface area contributed by atoms with Crippen LogP contribution in [0, 0.1) is 12.8 Å². The van der Waals surface area contributed by atoms with Gasteiger partial charge in [-0.05, 0) is 56.7 Å². The summed E-state index contributed by atoms with van der Waals surface area (Å²) in [6.45, 7) is 4.41. The summed E-state index contributed by atoms with van der Waals surface area (Å²) < 4.78 is 17.7. The minimum absolute atomic E-state index is 0.180. The molecule has 0 aromatic carbocycles. The monoisotopic (exact) mass is 329 g/mol. The Balaban J connectivity index is 1.67. The van der Waals surface area contributed by atoms with E-state index < -0.39 is 11.2 Å². The minimum atomic E-state index is -0.625. The number of carbonyl (C=O) groups is 1. The van der Waals surface area contributed by atoms with E-state index in [0.717, 1.165) is 30.5 Å². The van der Waals surface area contributed by atoms with Gasteiger partial charge < -0.3 is 14.2 Å². The molecule has 4 rings (SSSR count). The third kappa shape index (κ3) is 2.22. The summed E-state index contributed by atoms with van der Waals surface area (Å²) in [5.41, 5.74) is 1.57. The zero-order valence-corrected chi connectivity index (χ0v) is 14.4. The van der Waals surface area contributed by atoms with E-state index in [9.17, 15) is 4.79 Å². The van der Waals surface area contributed by atoms with E-state index in [-0.39, 0.29) is 18.0 Å². The first-order valence-corrected chi connectivity index (χ1v) is 8.52. The maximum Gasteiger partial charge on any atom is 0.337 e. The molecule has 128 valence electrons. The molecule has 5 heteroatoms. The number of hydrogen-bond acceptors (Lipinski definition) is 5. The van der Waals surface area contributed by atoms with Crippen LogP contribution in [0.25, 0.3) is 0 Å². The fourth-order valence-corrected chi connectivity index (χ4v) is 4.43. The fraction of sp³-hybridized carbons (Fsp3) is 0.579. The van der Waals surface area contributed by atoms with Crippen molar-refractivity contribution in [2.75, 3.05) is 7.11 Å². The van der Waals surface area contributed by atoms with Crippen molar-refractivity contribution in [3.05, 3.63) is 41.2 Å². The highest BCUT2D eigenvalue weighted by Gasteiger charge is 2.65. The maximum atomic E-state index is 12.4. The molecule has 3 aliphatic rings. The summed E-state index contributed by atoms with van der Waals surface area (Å²) in [5, 5.41) is 0. The van der Waals surface area contributed by atoms with Gasteiger partial charge in [-0.3, -0.25) is 4.98 Å². The van der Waals surface area contributed by atoms with Crippen molar-refractivity contribution < 1.29 is 19.0 Å². The molecule has 2 fully saturated rings. The molecule has 0 bridgehead atoms. The van der Waals surface area contributed by atoms with Crippen LogP contribution in [-0.2, 0) is 25.6 Å². The largest absolute Gasteiger partial charge is 0.455 e. The molecule has 2 aliphatic carbocycles. The molecular formula is C19H23NO4. The van der Waals surface area contributed by atoms with E-state index in [1.807, 2.05) is 38.3 Å². The third-order valence-corrected chi connectivity index (χ3v) is 5.77. The van der Waals surface area contributed by atoms with Crippen molar-refractivity contribution >= 4 is 5.97 Å². The van der Waals surface area contributed by atoms with Crippen LogP contribution in [0.5, 0.6) is 0 Å². The number of hydrogen-bond donors (Lipinski definition) is 0. The molecule has 5 nitrogen and oxygen atoms in total. The standard InChI is InChI=1S/C19H23NO4/c1-12-4-5-13(10-20-12)11-23-19-14-6-7-16(19)24-17(21)15(19)9-18(2,8-14)22-3/h4-5,9-10,14,16H,6-8,11H2,1-3H3/t14?,16-,18+,19+/m1/s1. The zero-order valence-electron chi connectivity index (χ0n) is 14.4. The molecule has 1 aromatic heterocycles. The van der Waals surface area contributed by atoms with Gasteiger partial charge in [-0.2, -0.15) is 0 Å². The smallest absolute Gasteiger partial charge is 0.337 e. The van der Waals surface area contributed by atoms with Crippen LogP contribution in [0.2, 0.25) is 0 Å². The summed E-state index contributed by atoms with van der Waals surface area (Å²) in [5.74, 6) is -0.0213. The van der Waals surface area contributed by atoms with Crippen LogP contribution in [0.4, 0.5) is 0 Å². The van der Waals surface area contributed by atoms with Gasteiger partial charge in [-0.15, -0.1) is 0 Å². The number of esters is 1. The number of carbonyl (C=O) groups excluding carboxylic acids is 1. The highest BCUT2D eigenvalue weighted by molar-refractivity contribution is 5.94. The third-order valence-electron chi connectivity index (χ3n) is 5.77. The lowest BCUT2D eigenvalue weighted by Crippen LogP contribution is -2.50. The number of aromatic nitrogens is 1. The van der Waals surface area contributed by atoms with E-state index in [4.69, 9.17) is 14.2 Å². The minimum Gasteiger partial charge on any atom is -0.455 e. The summed E-state index contributed by atoms with van der Waals surface area (Å²) >= 11 is 0. The second kappa shape index (κ2) is 5.39. The predicted octanol–water partition coefficient (Wildman–Crippen LogP) is 2.72. The van der Waals surface area contributed by atoms with E-state index >= 15 is 0 Å². The van der Waals surface area contributed by atoms with E-state index in [2.05, 4.69) is 4.98 Å². The zero-order chi connectivity index (χ0) is 16.9. The summed E-state index contributed by atoms with van der Waals surface area (Å²) in [4.78, 5) is 16.7. The molecule has 24 heavy (non-hydrogen) atoms. The fourth-order valence-electron chi connectivity index (χ4n) is 4.43. The second-order valence-electron chi connectivity index (χ2n) is 7.34. The highest BCUT2D eigenvalue weighted by Crippen LogP contribution is 2.56. The average molecular weight is 329 g/mol. The molecule has 1 unspecified atom stereocenters. The number of aryl methyl sites for hydroxylation is 1. The first kappa shape index (κ1) is 15.8. The Morgan fingerprint density at radius 2 is 2.21 bits per heavy atom. The van der Waals surface area contributed by atoms with Crippen molar-refractivity contribution in [2.45, 2.75) is 57.0 Å². The molecule has 0 N–H and O–H groups in total. The van der Waals surface area contributed by atoms with Crippen LogP contribution in [0.15, 0.2) is 30.0 Å². The molecule has 1 saturated heterocycles. The SMILES string of the molecule is CO[C@]1(C)C=C2C(=O)O[C@@H]3CCC(C1)[C@]23OCc1ccc(C)nc1. The highest BCUT2D eigenvalue weighted by atomic mass is 16.6. The molecule has 2 heterocycles. The number of ether oxygens (including phenoxy) is 3. The Morgan fingerprint density at radius 1 is 1.38 bits per heavy atom. The maximum absolute atomic E-state index is 12.4. The van der Waals surface area contributed by atoms with Crippen molar-refractivity contribution in [1.29, 1.82) is 0 Å². The predicted molar refractivity (Wildman–Crippen MR) is 87.2 cm³/mol. The van der Waals surface area contributed by atoms with E-state index in [1.165, 1.54) is 0 Å². The van der Waals surface area contributed by atoms with E-state index in [1.54, 1.807) is 7.11 Å². The summed E-state index contributed by atoms with van der Waals surface area (Å²) in [6, 6.07) is 3.99. The normalized spacial score (nSPS) is 37.1. The van der Waals surface area contributed by atoms with E-state index in [0.29, 0.717) is 12.2 Å². The van der Waals surface area contributed by atoms with Gasteiger partial charge >= 0.3 is 5.97 Å². The number of methoxy groups -OCH3 is 1. The van der Waals surface area contributed by atoms with Crippen LogP contribution in [0.3, 0.4) is 0 Å². The first-order valence-electron chi connectivity index (χ1n) is 8.52. The second-order valence-corrected chi connectivity index (χ2v) is 7.34. The topological polar surface area (TPSA) is 57.7 Å². The molecule has 0 amide bonds. The molecule has 0 spiro atoms. The van der Waals surface area contributed by atoms with Crippen molar-refractivity contribution in [3.8, 4) is 0 Å². The Kier molecular flexibility index (Phi) is 3.55. The van der Waals surface area contributed by atoms with Gasteiger partial charge in [0.05, 0.1) is 17.8 Å². The lowest BCUT2D eigenvalue weighted by atomic mass is 9.71. The molecule has 0 radical (unpaired) electrons. The molecule has 1 aliphatic heterocycles. The molecule has 4 atom stereocenters. The van der Waals surface area contributed by atoms with Gasteiger partial charge in [0.25, 0.3) is 0 Å².